The number of ether oxygens (including phenoxy) is 1. The Morgan fingerprint density at radius 2 is 2.32 bits per heavy atom. The molecule has 1 aromatic heterocycles. The Kier molecular flexibility index (Phi) is 4.73. The number of amides is 1. The topological polar surface area (TPSA) is 66.8 Å². The van der Waals surface area contributed by atoms with E-state index in [1.54, 1.807) is 6.08 Å². The van der Waals surface area contributed by atoms with Crippen LogP contribution in [0.15, 0.2) is 22.0 Å². The lowest BCUT2D eigenvalue weighted by Gasteiger charge is -2.30. The Labute approximate surface area is 122 Å². The van der Waals surface area contributed by atoms with Gasteiger partial charge in [0.15, 0.2) is 6.10 Å². The second-order valence-electron chi connectivity index (χ2n) is 3.96. The van der Waals surface area contributed by atoms with Crippen LogP contribution < -0.4 is 0 Å². The van der Waals surface area contributed by atoms with Crippen molar-refractivity contribution in [3.63, 3.8) is 0 Å². The van der Waals surface area contributed by atoms with Gasteiger partial charge in [-0.15, -0.1) is 11.3 Å². The van der Waals surface area contributed by atoms with Gasteiger partial charge >= 0.3 is 5.97 Å². The summed E-state index contributed by atoms with van der Waals surface area (Å²) >= 11 is 4.87. The van der Waals surface area contributed by atoms with Gasteiger partial charge in [0.25, 0.3) is 0 Å². The smallest absolute Gasteiger partial charge is 0.334 e. The molecular formula is C12H12BrNO4S. The van der Waals surface area contributed by atoms with Gasteiger partial charge in [-0.05, 0) is 34.1 Å². The Morgan fingerprint density at radius 1 is 1.53 bits per heavy atom. The van der Waals surface area contributed by atoms with Crippen LogP contribution in [-0.4, -0.2) is 47.7 Å². The summed E-state index contributed by atoms with van der Waals surface area (Å²) in [6.45, 7) is 0.759. The van der Waals surface area contributed by atoms with E-state index in [2.05, 4.69) is 15.9 Å². The first-order valence-electron chi connectivity index (χ1n) is 5.63. The average molecular weight is 346 g/mol. The molecule has 19 heavy (non-hydrogen) atoms. The molecule has 1 atom stereocenters. The van der Waals surface area contributed by atoms with Crippen molar-refractivity contribution in [2.45, 2.75) is 6.10 Å². The van der Waals surface area contributed by atoms with Gasteiger partial charge in [0.05, 0.1) is 16.9 Å². The predicted octanol–water partition coefficient (Wildman–Crippen LogP) is 1.84. The second-order valence-corrected chi connectivity index (χ2v) is 6.45. The molecule has 0 unspecified atom stereocenters. The van der Waals surface area contributed by atoms with E-state index in [9.17, 15) is 9.59 Å². The standard InChI is InChI=1S/C12H12BrNO4S/c13-10-3-1-8(19-10)2-4-11(15)14-5-6-18-9(7-14)12(16)17/h1-4,9H,5-7H2,(H,16,17)/b4-2+/t9-/m0/s1. The number of carboxylic acids is 1. The fourth-order valence-electron chi connectivity index (χ4n) is 1.68. The van der Waals surface area contributed by atoms with Gasteiger partial charge in [-0.2, -0.15) is 0 Å². The summed E-state index contributed by atoms with van der Waals surface area (Å²) in [5.41, 5.74) is 0. The van der Waals surface area contributed by atoms with Crippen LogP contribution in [0.3, 0.4) is 0 Å². The minimum absolute atomic E-state index is 0.0899. The van der Waals surface area contributed by atoms with Gasteiger partial charge in [0.2, 0.25) is 5.91 Å². The quantitative estimate of drug-likeness (QED) is 0.848. The van der Waals surface area contributed by atoms with Gasteiger partial charge in [0, 0.05) is 17.5 Å². The van der Waals surface area contributed by atoms with Gasteiger partial charge in [-0.3, -0.25) is 4.79 Å². The monoisotopic (exact) mass is 345 g/mol. The summed E-state index contributed by atoms with van der Waals surface area (Å²) in [5, 5.41) is 8.86. The fraction of sp³-hybridized carbons (Fsp3) is 0.333. The van der Waals surface area contributed by atoms with E-state index in [1.807, 2.05) is 12.1 Å². The Balaban J connectivity index is 1.96. The zero-order valence-electron chi connectivity index (χ0n) is 9.91. The normalized spacial score (nSPS) is 19.8. The second kappa shape index (κ2) is 6.31. The number of aliphatic carboxylic acids is 1. The number of carboxylic acid groups (broad SMARTS) is 1. The fourth-order valence-corrected chi connectivity index (χ4v) is 3.00. The van der Waals surface area contributed by atoms with Crippen molar-refractivity contribution in [2.75, 3.05) is 19.7 Å². The Bertz CT molecular complexity index is 514. The van der Waals surface area contributed by atoms with Crippen molar-refractivity contribution in [2.24, 2.45) is 0 Å². The van der Waals surface area contributed by atoms with Crippen LogP contribution in [0.5, 0.6) is 0 Å². The lowest BCUT2D eigenvalue weighted by molar-refractivity contribution is -0.158. The molecule has 2 heterocycles. The maximum Gasteiger partial charge on any atom is 0.334 e. The minimum atomic E-state index is -1.04. The van der Waals surface area contributed by atoms with E-state index in [0.717, 1.165) is 8.66 Å². The first kappa shape index (κ1) is 14.2. The van der Waals surface area contributed by atoms with Gasteiger partial charge in [0.1, 0.15) is 0 Å². The van der Waals surface area contributed by atoms with E-state index in [4.69, 9.17) is 9.84 Å². The molecule has 7 heteroatoms. The average Bonchev–Trinajstić information content (AvgIpc) is 2.82. The van der Waals surface area contributed by atoms with Crippen LogP contribution >= 0.6 is 27.3 Å². The third-order valence-electron chi connectivity index (χ3n) is 2.64. The lowest BCUT2D eigenvalue weighted by Crippen LogP contribution is -2.48. The van der Waals surface area contributed by atoms with Crippen LogP contribution in [0.25, 0.3) is 6.08 Å². The van der Waals surface area contributed by atoms with E-state index < -0.39 is 12.1 Å². The van der Waals surface area contributed by atoms with Crippen molar-refractivity contribution >= 4 is 45.2 Å². The lowest BCUT2D eigenvalue weighted by atomic mass is 10.2. The van der Waals surface area contributed by atoms with Crippen molar-refractivity contribution < 1.29 is 19.4 Å². The van der Waals surface area contributed by atoms with Crippen molar-refractivity contribution in [1.29, 1.82) is 0 Å². The van der Waals surface area contributed by atoms with Gasteiger partial charge in [-0.1, -0.05) is 0 Å². The number of carbonyl (C=O) groups is 2. The summed E-state index contributed by atoms with van der Waals surface area (Å²) in [6, 6.07) is 3.81. The summed E-state index contributed by atoms with van der Waals surface area (Å²) < 4.78 is 6.06. The first-order valence-corrected chi connectivity index (χ1v) is 7.24. The molecule has 1 aromatic rings. The number of carbonyl (C=O) groups excluding carboxylic acids is 1. The summed E-state index contributed by atoms with van der Waals surface area (Å²) in [4.78, 5) is 25.2. The van der Waals surface area contributed by atoms with E-state index in [1.165, 1.54) is 22.3 Å². The molecule has 0 saturated carbocycles. The zero-order chi connectivity index (χ0) is 13.8. The highest BCUT2D eigenvalue weighted by Gasteiger charge is 2.27. The maximum atomic E-state index is 11.9. The molecule has 1 aliphatic heterocycles. The molecule has 5 nitrogen and oxygen atoms in total. The van der Waals surface area contributed by atoms with Crippen LogP contribution in [0, 0.1) is 0 Å². The molecule has 1 fully saturated rings. The molecule has 2 rings (SSSR count). The SMILES string of the molecule is O=C(O)[C@@H]1CN(C(=O)/C=C/c2ccc(Br)s2)CCO1. The highest BCUT2D eigenvalue weighted by molar-refractivity contribution is 9.11. The highest BCUT2D eigenvalue weighted by Crippen LogP contribution is 2.23. The summed E-state index contributed by atoms with van der Waals surface area (Å²) in [6.07, 6.45) is 2.26. The molecule has 0 radical (unpaired) electrons. The third kappa shape index (κ3) is 3.89. The third-order valence-corrected chi connectivity index (χ3v) is 4.23. The molecule has 1 saturated heterocycles. The predicted molar refractivity (Wildman–Crippen MR) is 75.0 cm³/mol. The number of halogens is 1. The molecule has 0 bridgehead atoms. The number of hydrogen-bond donors (Lipinski definition) is 1. The summed E-state index contributed by atoms with van der Waals surface area (Å²) in [5.74, 6) is -1.23. The van der Waals surface area contributed by atoms with E-state index >= 15 is 0 Å². The minimum Gasteiger partial charge on any atom is -0.479 e. The molecule has 1 aliphatic rings. The number of nitrogens with zero attached hydrogens (tertiary/aromatic N) is 1. The molecule has 102 valence electrons. The molecule has 0 spiro atoms. The number of morpholine rings is 1. The van der Waals surface area contributed by atoms with E-state index in [-0.39, 0.29) is 19.1 Å². The number of hydrogen-bond acceptors (Lipinski definition) is 4. The molecule has 0 aliphatic carbocycles. The van der Waals surface area contributed by atoms with Crippen LogP contribution in [0.4, 0.5) is 0 Å². The maximum absolute atomic E-state index is 11.9. The van der Waals surface area contributed by atoms with E-state index in [0.29, 0.717) is 6.54 Å². The van der Waals surface area contributed by atoms with Crippen LogP contribution in [0.2, 0.25) is 0 Å². The number of rotatable bonds is 3. The molecule has 1 N–H and O–H groups in total. The molecule has 1 amide bonds. The van der Waals surface area contributed by atoms with Crippen molar-refractivity contribution in [3.05, 3.63) is 26.9 Å². The summed E-state index contributed by atoms with van der Waals surface area (Å²) in [7, 11) is 0. The van der Waals surface area contributed by atoms with Crippen molar-refractivity contribution in [3.8, 4) is 0 Å². The highest BCUT2D eigenvalue weighted by atomic mass is 79.9. The zero-order valence-corrected chi connectivity index (χ0v) is 12.3. The van der Waals surface area contributed by atoms with Crippen LogP contribution in [0.1, 0.15) is 4.88 Å². The Hall–Kier alpha value is -1.18. The molecule has 0 aromatic carbocycles. The van der Waals surface area contributed by atoms with Crippen molar-refractivity contribution in [1.82, 2.24) is 4.90 Å². The van der Waals surface area contributed by atoms with Gasteiger partial charge in [-0.25, -0.2) is 4.79 Å². The number of thiophene rings is 1. The Morgan fingerprint density at radius 3 is 2.95 bits per heavy atom. The molecular weight excluding hydrogens is 334 g/mol. The first-order chi connectivity index (χ1) is 9.06. The van der Waals surface area contributed by atoms with Gasteiger partial charge < -0.3 is 14.7 Å². The largest absolute Gasteiger partial charge is 0.479 e. The van der Waals surface area contributed by atoms with Crippen LogP contribution in [-0.2, 0) is 14.3 Å².